The van der Waals surface area contributed by atoms with Gasteiger partial charge in [0.05, 0.1) is 0 Å². The topological polar surface area (TPSA) is 70.7 Å². The van der Waals surface area contributed by atoms with Gasteiger partial charge >= 0.3 is 0 Å². The van der Waals surface area contributed by atoms with Gasteiger partial charge in [0.25, 0.3) is 5.91 Å². The number of hydrogen-bond donors (Lipinski definition) is 1. The predicted molar refractivity (Wildman–Crippen MR) is 62.2 cm³/mol. The quantitative estimate of drug-likeness (QED) is 0.914. The number of rotatable bonds is 2. The summed E-state index contributed by atoms with van der Waals surface area (Å²) in [7, 11) is 1.51. The Morgan fingerprint density at radius 1 is 1.35 bits per heavy atom. The minimum Gasteiger partial charge on any atom is -0.304 e. The van der Waals surface area contributed by atoms with Crippen LogP contribution in [0, 0.1) is 28.8 Å². The second-order valence-electron chi connectivity index (χ2n) is 3.88. The second-order valence-corrected chi connectivity index (χ2v) is 3.88. The van der Waals surface area contributed by atoms with E-state index in [9.17, 15) is 18.0 Å². The van der Waals surface area contributed by atoms with E-state index in [1.807, 2.05) is 0 Å². The van der Waals surface area contributed by atoms with Gasteiger partial charge in [0.15, 0.2) is 5.82 Å². The fourth-order valence-electron chi connectivity index (χ4n) is 1.59. The van der Waals surface area contributed by atoms with E-state index < -0.39 is 28.9 Å². The maximum absolute atomic E-state index is 13.4. The molecule has 0 spiro atoms. The van der Waals surface area contributed by atoms with Crippen molar-refractivity contribution in [2.75, 3.05) is 5.32 Å². The highest BCUT2D eigenvalue weighted by atomic mass is 19.1. The summed E-state index contributed by atoms with van der Waals surface area (Å²) in [5.41, 5.74) is -0.912. The zero-order valence-electron chi connectivity index (χ0n) is 10.1. The van der Waals surface area contributed by atoms with Crippen LogP contribution in [0.4, 0.5) is 19.0 Å². The van der Waals surface area contributed by atoms with Gasteiger partial charge in [-0.05, 0) is 0 Å². The molecular weight excluding hydrogens is 273 g/mol. The predicted octanol–water partition coefficient (Wildman–Crippen LogP) is 1.96. The molecule has 2 rings (SSSR count). The first kappa shape index (κ1) is 13.6. The normalized spacial score (nSPS) is 10.2. The molecule has 102 valence electrons. The van der Waals surface area contributed by atoms with Crippen LogP contribution in [0.1, 0.15) is 15.9 Å². The summed E-state index contributed by atoms with van der Waals surface area (Å²) in [5, 5.41) is 14.7. The largest absolute Gasteiger partial charge is 0.304 e. The van der Waals surface area contributed by atoms with Crippen LogP contribution in [0.3, 0.4) is 0 Å². The average molecular weight is 280 g/mol. The Hall–Kier alpha value is -2.82. The molecule has 0 aliphatic carbocycles. The molecule has 0 fully saturated rings. The maximum Gasteiger partial charge on any atom is 0.262 e. The summed E-state index contributed by atoms with van der Waals surface area (Å²) in [5.74, 6) is -5.10. The van der Waals surface area contributed by atoms with E-state index in [2.05, 4.69) is 10.4 Å². The Labute approximate surface area is 111 Å². The summed E-state index contributed by atoms with van der Waals surface area (Å²) in [6.07, 6.45) is 1.33. The zero-order valence-corrected chi connectivity index (χ0v) is 10.1. The number of nitriles is 1. The molecule has 0 unspecified atom stereocenters. The summed E-state index contributed by atoms with van der Waals surface area (Å²) in [4.78, 5) is 11.8. The molecular formula is C12H7F3N4O. The standard InChI is InChI=1S/C12H7F3N4O/c1-19-5-6(4-16)11(18-19)17-12(20)10-8(14)2-7(13)3-9(10)15/h2-3,5H,1H3,(H,17,18,20). The summed E-state index contributed by atoms with van der Waals surface area (Å²) < 4.78 is 40.8. The van der Waals surface area contributed by atoms with Crippen LogP contribution < -0.4 is 5.32 Å². The Bertz CT molecular complexity index is 710. The first-order chi connectivity index (χ1) is 9.42. The van der Waals surface area contributed by atoms with Crippen molar-refractivity contribution in [2.24, 2.45) is 7.05 Å². The average Bonchev–Trinajstić information content (AvgIpc) is 2.67. The van der Waals surface area contributed by atoms with E-state index in [-0.39, 0.29) is 11.4 Å². The van der Waals surface area contributed by atoms with Crippen LogP contribution in [-0.4, -0.2) is 15.7 Å². The molecule has 0 radical (unpaired) electrons. The van der Waals surface area contributed by atoms with Crippen LogP contribution >= 0.6 is 0 Å². The van der Waals surface area contributed by atoms with Gasteiger partial charge in [-0.25, -0.2) is 13.2 Å². The summed E-state index contributed by atoms with van der Waals surface area (Å²) in [6.45, 7) is 0. The maximum atomic E-state index is 13.4. The number of hydrogen-bond acceptors (Lipinski definition) is 3. The monoisotopic (exact) mass is 280 g/mol. The van der Waals surface area contributed by atoms with E-state index in [0.29, 0.717) is 12.1 Å². The Morgan fingerprint density at radius 2 is 1.95 bits per heavy atom. The van der Waals surface area contributed by atoms with E-state index in [0.717, 1.165) is 0 Å². The van der Waals surface area contributed by atoms with Crippen molar-refractivity contribution < 1.29 is 18.0 Å². The number of halogens is 3. The SMILES string of the molecule is Cn1cc(C#N)c(NC(=O)c2c(F)cc(F)cc2F)n1. The molecule has 1 aromatic carbocycles. The molecule has 0 saturated heterocycles. The van der Waals surface area contributed by atoms with E-state index in [1.54, 1.807) is 6.07 Å². The number of nitrogens with one attached hydrogen (secondary N) is 1. The van der Waals surface area contributed by atoms with Gasteiger partial charge in [0, 0.05) is 25.4 Å². The van der Waals surface area contributed by atoms with Gasteiger partial charge < -0.3 is 5.32 Å². The van der Waals surface area contributed by atoms with Crippen molar-refractivity contribution in [2.45, 2.75) is 0 Å². The number of carbonyl (C=O) groups is 1. The first-order valence-corrected chi connectivity index (χ1v) is 5.32. The first-order valence-electron chi connectivity index (χ1n) is 5.32. The van der Waals surface area contributed by atoms with Crippen LogP contribution in [0.5, 0.6) is 0 Å². The molecule has 1 N–H and O–H groups in total. The van der Waals surface area contributed by atoms with Crippen molar-refractivity contribution in [3.63, 3.8) is 0 Å². The number of benzene rings is 1. The van der Waals surface area contributed by atoms with Gasteiger partial charge in [-0.15, -0.1) is 0 Å². The van der Waals surface area contributed by atoms with Crippen molar-refractivity contribution in [3.8, 4) is 6.07 Å². The van der Waals surface area contributed by atoms with E-state index >= 15 is 0 Å². The molecule has 0 saturated carbocycles. The van der Waals surface area contributed by atoms with E-state index in [1.165, 1.54) is 17.9 Å². The summed E-state index contributed by atoms with van der Waals surface area (Å²) in [6, 6.07) is 2.55. The molecule has 8 heteroatoms. The Balaban J connectivity index is 2.36. The van der Waals surface area contributed by atoms with Crippen molar-refractivity contribution in [1.29, 1.82) is 5.26 Å². The number of anilines is 1. The highest BCUT2D eigenvalue weighted by Crippen LogP contribution is 2.18. The minimum absolute atomic E-state index is 0.0313. The third kappa shape index (κ3) is 2.47. The van der Waals surface area contributed by atoms with E-state index in [4.69, 9.17) is 5.26 Å². The highest BCUT2D eigenvalue weighted by molar-refractivity contribution is 6.04. The molecule has 0 atom stereocenters. The molecule has 2 aromatic rings. The molecule has 0 aliphatic heterocycles. The third-order valence-corrected chi connectivity index (χ3v) is 2.42. The zero-order chi connectivity index (χ0) is 14.9. The molecule has 20 heavy (non-hydrogen) atoms. The van der Waals surface area contributed by atoms with Gasteiger partial charge in [-0.2, -0.15) is 10.4 Å². The van der Waals surface area contributed by atoms with Crippen LogP contribution in [0.15, 0.2) is 18.3 Å². The fraction of sp³-hybridized carbons (Fsp3) is 0.0833. The lowest BCUT2D eigenvalue weighted by Gasteiger charge is -2.05. The molecule has 0 aliphatic rings. The summed E-state index contributed by atoms with van der Waals surface area (Å²) >= 11 is 0. The Morgan fingerprint density at radius 3 is 2.50 bits per heavy atom. The molecule has 1 aromatic heterocycles. The molecule has 5 nitrogen and oxygen atoms in total. The number of nitrogens with zero attached hydrogens (tertiary/aromatic N) is 3. The fourth-order valence-corrected chi connectivity index (χ4v) is 1.59. The van der Waals surface area contributed by atoms with Crippen molar-refractivity contribution in [3.05, 3.63) is 46.9 Å². The van der Waals surface area contributed by atoms with Crippen LogP contribution in [0.2, 0.25) is 0 Å². The van der Waals surface area contributed by atoms with Gasteiger partial charge in [-0.1, -0.05) is 0 Å². The van der Waals surface area contributed by atoms with Gasteiger partial charge in [-0.3, -0.25) is 9.48 Å². The Kier molecular flexibility index (Phi) is 3.43. The molecule has 1 amide bonds. The second kappa shape index (κ2) is 5.05. The molecule has 1 heterocycles. The highest BCUT2D eigenvalue weighted by Gasteiger charge is 2.21. The van der Waals surface area contributed by atoms with Crippen LogP contribution in [0.25, 0.3) is 0 Å². The third-order valence-electron chi connectivity index (χ3n) is 2.42. The molecule has 0 bridgehead atoms. The minimum atomic E-state index is -1.34. The lowest BCUT2D eigenvalue weighted by molar-refractivity contribution is 0.101. The van der Waals surface area contributed by atoms with Crippen molar-refractivity contribution in [1.82, 2.24) is 9.78 Å². The van der Waals surface area contributed by atoms with Gasteiger partial charge in [0.1, 0.15) is 34.6 Å². The lowest BCUT2D eigenvalue weighted by atomic mass is 10.1. The number of aryl methyl sites for hydroxylation is 1. The van der Waals surface area contributed by atoms with Crippen LogP contribution in [-0.2, 0) is 7.05 Å². The number of amides is 1. The smallest absolute Gasteiger partial charge is 0.262 e. The number of carbonyl (C=O) groups excluding carboxylic acids is 1. The number of aromatic nitrogens is 2. The lowest BCUT2D eigenvalue weighted by Crippen LogP contribution is -2.17. The van der Waals surface area contributed by atoms with Crippen molar-refractivity contribution >= 4 is 11.7 Å². The van der Waals surface area contributed by atoms with Gasteiger partial charge in [0.2, 0.25) is 0 Å².